The number of hydrogen-bond donors (Lipinski definition) is 4. The first kappa shape index (κ1) is 6.69. The van der Waals surface area contributed by atoms with Gasteiger partial charge in [0.15, 0.2) is 0 Å². The van der Waals surface area contributed by atoms with E-state index in [2.05, 4.69) is 4.99 Å². The van der Waals surface area contributed by atoms with Crippen molar-refractivity contribution in [3.05, 3.63) is 11.6 Å². The van der Waals surface area contributed by atoms with Crippen molar-refractivity contribution < 1.29 is 5.11 Å². The van der Waals surface area contributed by atoms with Gasteiger partial charge in [0.05, 0.1) is 0 Å². The van der Waals surface area contributed by atoms with Crippen LogP contribution in [0.25, 0.3) is 0 Å². The van der Waals surface area contributed by atoms with Crippen LogP contribution in [0.2, 0.25) is 0 Å². The van der Waals surface area contributed by atoms with Crippen molar-refractivity contribution in [1.82, 2.24) is 5.01 Å². The van der Waals surface area contributed by atoms with E-state index in [1.807, 2.05) is 0 Å². The lowest BCUT2D eigenvalue weighted by Crippen LogP contribution is -2.40. The predicted molar refractivity (Wildman–Crippen MR) is 36.4 cm³/mol. The third kappa shape index (κ3) is 0.841. The van der Waals surface area contributed by atoms with Gasteiger partial charge >= 0.3 is 0 Å². The summed E-state index contributed by atoms with van der Waals surface area (Å²) >= 11 is 0. The van der Waals surface area contributed by atoms with Gasteiger partial charge in [0.1, 0.15) is 18.2 Å². The molecule has 0 aromatic heterocycles. The summed E-state index contributed by atoms with van der Waals surface area (Å²) in [7, 11) is 0. The van der Waals surface area contributed by atoms with Crippen molar-refractivity contribution in [3.63, 3.8) is 0 Å². The topological polar surface area (TPSA) is 114 Å². The van der Waals surface area contributed by atoms with E-state index in [9.17, 15) is 0 Å². The zero-order valence-electron chi connectivity index (χ0n) is 5.28. The molecule has 1 rings (SSSR count). The first-order chi connectivity index (χ1) is 4.63. The quantitative estimate of drug-likeness (QED) is 0.298. The number of aliphatic hydroxyl groups is 1. The SMILES string of the molecule is NC1=NCN(N)C(O)=C1N. The van der Waals surface area contributed by atoms with Crippen LogP contribution in [0.15, 0.2) is 16.6 Å². The molecule has 0 aromatic rings. The zero-order chi connectivity index (χ0) is 7.72. The maximum absolute atomic E-state index is 9.01. The van der Waals surface area contributed by atoms with Crippen LogP contribution < -0.4 is 17.3 Å². The number of aliphatic imine (C=N–C) groups is 1. The molecule has 1 aliphatic heterocycles. The molecule has 0 saturated carbocycles. The normalized spacial score (nSPS) is 19.3. The fourth-order valence-corrected chi connectivity index (χ4v) is 0.574. The molecule has 0 amide bonds. The molecule has 1 aliphatic rings. The molecule has 6 nitrogen and oxygen atoms in total. The minimum atomic E-state index is -0.229. The smallest absolute Gasteiger partial charge is 0.230 e. The largest absolute Gasteiger partial charge is 0.492 e. The first-order valence-corrected chi connectivity index (χ1v) is 2.64. The van der Waals surface area contributed by atoms with Crippen LogP contribution in [0.3, 0.4) is 0 Å². The third-order valence-electron chi connectivity index (χ3n) is 1.18. The highest BCUT2D eigenvalue weighted by Gasteiger charge is 2.15. The molecule has 10 heavy (non-hydrogen) atoms. The highest BCUT2D eigenvalue weighted by atomic mass is 16.3. The third-order valence-corrected chi connectivity index (χ3v) is 1.18. The van der Waals surface area contributed by atoms with Gasteiger partial charge in [0.2, 0.25) is 5.88 Å². The molecule has 56 valence electrons. The average molecular weight is 143 g/mol. The van der Waals surface area contributed by atoms with Gasteiger partial charge < -0.3 is 16.6 Å². The van der Waals surface area contributed by atoms with E-state index >= 15 is 0 Å². The van der Waals surface area contributed by atoms with E-state index in [1.54, 1.807) is 0 Å². The second-order valence-electron chi connectivity index (χ2n) is 1.89. The van der Waals surface area contributed by atoms with Crippen molar-refractivity contribution in [3.8, 4) is 0 Å². The molecule has 1 heterocycles. The van der Waals surface area contributed by atoms with Crippen molar-refractivity contribution >= 4 is 5.84 Å². The Balaban J connectivity index is 2.94. The molecule has 0 atom stereocenters. The minimum Gasteiger partial charge on any atom is -0.492 e. The number of amidine groups is 1. The standard InChI is InChI=1S/C4H9N5O/c5-2-3(6)8-1-9(7)4(2)10/h10H,1,5,7H2,(H2,6,8). The van der Waals surface area contributed by atoms with Crippen molar-refractivity contribution in [2.45, 2.75) is 0 Å². The molecule has 0 aliphatic carbocycles. The summed E-state index contributed by atoms with van der Waals surface area (Å²) in [5, 5.41) is 10.0. The summed E-state index contributed by atoms with van der Waals surface area (Å²) < 4.78 is 0. The van der Waals surface area contributed by atoms with Gasteiger partial charge in [-0.15, -0.1) is 0 Å². The molecule has 0 aromatic carbocycles. The van der Waals surface area contributed by atoms with E-state index < -0.39 is 0 Å². The van der Waals surface area contributed by atoms with Gasteiger partial charge in [0.25, 0.3) is 0 Å². The van der Waals surface area contributed by atoms with Gasteiger partial charge in [0, 0.05) is 0 Å². The van der Waals surface area contributed by atoms with Crippen LogP contribution in [0, 0.1) is 0 Å². The monoisotopic (exact) mass is 143 g/mol. The molecule has 0 bridgehead atoms. The summed E-state index contributed by atoms with van der Waals surface area (Å²) in [4.78, 5) is 3.69. The molecule has 6 heteroatoms. The van der Waals surface area contributed by atoms with Gasteiger partial charge in [-0.2, -0.15) is 0 Å². The van der Waals surface area contributed by atoms with Crippen molar-refractivity contribution in [2.24, 2.45) is 22.3 Å². The molecule has 0 spiro atoms. The fourth-order valence-electron chi connectivity index (χ4n) is 0.574. The number of nitrogens with two attached hydrogens (primary N) is 3. The molecule has 7 N–H and O–H groups in total. The molecule has 0 unspecified atom stereocenters. The second-order valence-corrected chi connectivity index (χ2v) is 1.89. The Morgan fingerprint density at radius 1 is 1.50 bits per heavy atom. The fraction of sp³-hybridized carbons (Fsp3) is 0.250. The lowest BCUT2D eigenvalue weighted by atomic mass is 10.4. The molecular weight excluding hydrogens is 134 g/mol. The Morgan fingerprint density at radius 2 is 2.10 bits per heavy atom. The summed E-state index contributed by atoms with van der Waals surface area (Å²) in [6.45, 7) is 0.137. The number of hydrogen-bond acceptors (Lipinski definition) is 6. The van der Waals surface area contributed by atoms with Gasteiger partial charge in [-0.25, -0.2) is 10.8 Å². The maximum Gasteiger partial charge on any atom is 0.230 e. The van der Waals surface area contributed by atoms with Crippen LogP contribution in [-0.2, 0) is 0 Å². The van der Waals surface area contributed by atoms with E-state index in [0.717, 1.165) is 5.01 Å². The number of aliphatic hydroxyl groups excluding tert-OH is 1. The Labute approximate surface area is 57.6 Å². The van der Waals surface area contributed by atoms with Crippen LogP contribution in [0.4, 0.5) is 0 Å². The van der Waals surface area contributed by atoms with Crippen LogP contribution in [-0.4, -0.2) is 22.6 Å². The molecule has 0 fully saturated rings. The Morgan fingerprint density at radius 3 is 2.60 bits per heavy atom. The lowest BCUT2D eigenvalue weighted by molar-refractivity contribution is 0.201. The first-order valence-electron chi connectivity index (χ1n) is 2.64. The lowest BCUT2D eigenvalue weighted by Gasteiger charge is -2.20. The van der Waals surface area contributed by atoms with Gasteiger partial charge in [-0.3, -0.25) is 5.01 Å². The Bertz CT molecular complexity index is 208. The van der Waals surface area contributed by atoms with Crippen molar-refractivity contribution in [2.75, 3.05) is 6.67 Å². The summed E-state index contributed by atoms with van der Waals surface area (Å²) in [5.41, 5.74) is 10.5. The number of hydrazine groups is 1. The van der Waals surface area contributed by atoms with Gasteiger partial charge in [-0.1, -0.05) is 0 Å². The highest BCUT2D eigenvalue weighted by Crippen LogP contribution is 2.03. The summed E-state index contributed by atoms with van der Waals surface area (Å²) in [6, 6.07) is 0. The van der Waals surface area contributed by atoms with Crippen LogP contribution in [0.5, 0.6) is 0 Å². The summed E-state index contributed by atoms with van der Waals surface area (Å²) in [5.74, 6) is 5.11. The van der Waals surface area contributed by atoms with E-state index in [4.69, 9.17) is 22.4 Å². The zero-order valence-corrected chi connectivity index (χ0v) is 5.28. The molecular formula is C4H9N5O. The average Bonchev–Trinajstić information content (AvgIpc) is 1.93. The van der Waals surface area contributed by atoms with E-state index in [-0.39, 0.29) is 24.1 Å². The van der Waals surface area contributed by atoms with Crippen molar-refractivity contribution in [1.29, 1.82) is 0 Å². The Hall–Kier alpha value is -1.43. The van der Waals surface area contributed by atoms with Gasteiger partial charge in [-0.05, 0) is 0 Å². The minimum absolute atomic E-state index is 0.0220. The maximum atomic E-state index is 9.01. The van der Waals surface area contributed by atoms with Crippen LogP contribution >= 0.6 is 0 Å². The van der Waals surface area contributed by atoms with E-state index in [0.29, 0.717) is 0 Å². The molecule has 0 saturated heterocycles. The van der Waals surface area contributed by atoms with E-state index in [1.165, 1.54) is 0 Å². The van der Waals surface area contributed by atoms with Crippen LogP contribution in [0.1, 0.15) is 0 Å². The number of nitrogens with zero attached hydrogens (tertiary/aromatic N) is 2. The Kier molecular flexibility index (Phi) is 1.38. The number of rotatable bonds is 0. The molecule has 0 radical (unpaired) electrons. The second kappa shape index (κ2) is 2.07. The summed E-state index contributed by atoms with van der Waals surface area (Å²) in [6.07, 6.45) is 0. The highest BCUT2D eigenvalue weighted by molar-refractivity contribution is 5.96. The predicted octanol–water partition coefficient (Wildman–Crippen LogP) is -1.82.